The van der Waals surface area contributed by atoms with Crippen molar-refractivity contribution in [3.63, 3.8) is 0 Å². The first kappa shape index (κ1) is 24.0. The molecule has 4 atom stereocenters. The van der Waals surface area contributed by atoms with Crippen LogP contribution in [-0.2, 0) is 9.53 Å². The van der Waals surface area contributed by atoms with E-state index in [1.165, 1.54) is 51.2 Å². The Labute approximate surface area is 196 Å². The third-order valence-corrected chi connectivity index (χ3v) is 7.61. The summed E-state index contributed by atoms with van der Waals surface area (Å²) < 4.78 is 11.9. The van der Waals surface area contributed by atoms with Gasteiger partial charge < -0.3 is 19.6 Å². The van der Waals surface area contributed by atoms with Crippen molar-refractivity contribution in [2.75, 3.05) is 6.54 Å². The predicted octanol–water partition coefficient (Wildman–Crippen LogP) is 5.23. The highest BCUT2D eigenvalue weighted by molar-refractivity contribution is 5.91. The lowest BCUT2D eigenvalue weighted by atomic mass is 9.77. The number of unbranched alkanes of at least 4 members (excludes halogenated alkanes) is 1. The zero-order valence-electron chi connectivity index (χ0n) is 19.5. The van der Waals surface area contributed by atoms with Crippen molar-refractivity contribution in [1.82, 2.24) is 10.3 Å². The van der Waals surface area contributed by atoms with Gasteiger partial charge in [-0.2, -0.15) is 0 Å². The number of carbonyl (C=O) groups is 2. The van der Waals surface area contributed by atoms with Crippen molar-refractivity contribution in [2.24, 2.45) is 11.8 Å². The van der Waals surface area contributed by atoms with Crippen LogP contribution in [0.3, 0.4) is 0 Å². The smallest absolute Gasteiger partial charge is 0.303 e. The summed E-state index contributed by atoms with van der Waals surface area (Å²) in [4.78, 5) is 27.8. The van der Waals surface area contributed by atoms with E-state index < -0.39 is 5.97 Å². The van der Waals surface area contributed by atoms with Gasteiger partial charge in [0.15, 0.2) is 5.69 Å². The molecule has 4 rings (SSSR count). The number of aromatic nitrogens is 1. The van der Waals surface area contributed by atoms with Gasteiger partial charge in [-0.25, -0.2) is 4.98 Å². The lowest BCUT2D eigenvalue weighted by molar-refractivity contribution is -0.136. The summed E-state index contributed by atoms with van der Waals surface area (Å²) in [6.45, 7) is 0.675. The Bertz CT molecular complexity index is 813. The fourth-order valence-electron chi connectivity index (χ4n) is 5.87. The molecule has 1 aromatic rings. The Hall–Kier alpha value is -2.15. The highest BCUT2D eigenvalue weighted by atomic mass is 16.5. The molecule has 1 aliphatic carbocycles. The van der Waals surface area contributed by atoms with Crippen LogP contribution in [0.2, 0.25) is 0 Å². The number of aliphatic carboxylic acids is 1. The lowest BCUT2D eigenvalue weighted by Crippen LogP contribution is -2.27. The molecule has 1 saturated carbocycles. The van der Waals surface area contributed by atoms with Crippen LogP contribution in [0.25, 0.3) is 0 Å². The molecule has 2 aliphatic heterocycles. The van der Waals surface area contributed by atoms with Crippen LogP contribution in [0.15, 0.2) is 22.8 Å². The molecule has 33 heavy (non-hydrogen) atoms. The Morgan fingerprint density at radius 1 is 1.09 bits per heavy atom. The average Bonchev–Trinajstić information content (AvgIpc) is 3.55. The first-order valence-electron chi connectivity index (χ1n) is 12.9. The quantitative estimate of drug-likeness (QED) is 0.329. The largest absolute Gasteiger partial charge is 0.481 e. The first-order valence-corrected chi connectivity index (χ1v) is 12.9. The van der Waals surface area contributed by atoms with E-state index in [-0.39, 0.29) is 36.4 Å². The molecular weight excluding hydrogens is 420 g/mol. The van der Waals surface area contributed by atoms with Crippen LogP contribution >= 0.6 is 0 Å². The van der Waals surface area contributed by atoms with E-state index in [2.05, 4.69) is 16.4 Å². The van der Waals surface area contributed by atoms with Gasteiger partial charge in [-0.3, -0.25) is 9.59 Å². The van der Waals surface area contributed by atoms with Crippen LogP contribution in [-0.4, -0.2) is 40.7 Å². The third kappa shape index (κ3) is 6.46. The number of hydrogen-bond donors (Lipinski definition) is 2. The maximum Gasteiger partial charge on any atom is 0.303 e. The van der Waals surface area contributed by atoms with E-state index in [0.717, 1.165) is 31.6 Å². The summed E-state index contributed by atoms with van der Waals surface area (Å²) in [6, 6.07) is 0. The van der Waals surface area contributed by atoms with E-state index >= 15 is 0 Å². The lowest BCUT2D eigenvalue weighted by Gasteiger charge is -2.24. The standard InChI is InChI=1S/C26H38N2O5/c29-23(30)13-6-2-5-12-19-21-14-15-22(33-21)24(19)26-28-20(17-32-26)25(31)27-16-8-7-11-18-9-3-1-4-10-18/h2,5,17-19,21-22,24H,1,3-4,6-16H2,(H,27,31)(H,29,30). The van der Waals surface area contributed by atoms with Crippen molar-refractivity contribution < 1.29 is 23.8 Å². The normalized spacial score (nSPS) is 27.4. The molecule has 2 bridgehead atoms. The summed E-state index contributed by atoms with van der Waals surface area (Å²) in [5, 5.41) is 11.8. The van der Waals surface area contributed by atoms with E-state index in [9.17, 15) is 9.59 Å². The van der Waals surface area contributed by atoms with Crippen molar-refractivity contribution in [1.29, 1.82) is 0 Å². The molecule has 2 saturated heterocycles. The topological polar surface area (TPSA) is 102 Å². The number of rotatable bonds is 12. The number of amides is 1. The molecule has 3 fully saturated rings. The molecule has 1 amide bonds. The van der Waals surface area contributed by atoms with E-state index in [4.69, 9.17) is 14.3 Å². The van der Waals surface area contributed by atoms with Crippen LogP contribution in [0.4, 0.5) is 0 Å². The van der Waals surface area contributed by atoms with Crippen molar-refractivity contribution in [2.45, 2.75) is 102 Å². The Balaban J connectivity index is 1.23. The van der Waals surface area contributed by atoms with E-state index in [1.54, 1.807) is 0 Å². The van der Waals surface area contributed by atoms with Gasteiger partial charge in [0, 0.05) is 18.9 Å². The SMILES string of the molecule is O=C(O)CCC=CCC1C2CCC(O2)C1c1nc(C(=O)NCCCCC2CCCCC2)co1. The molecule has 0 aromatic carbocycles. The predicted molar refractivity (Wildman–Crippen MR) is 124 cm³/mol. The number of oxazole rings is 1. The number of carbonyl (C=O) groups excluding carboxylic acids is 1. The van der Waals surface area contributed by atoms with Gasteiger partial charge >= 0.3 is 5.97 Å². The number of fused-ring (bicyclic) bond motifs is 2. The summed E-state index contributed by atoms with van der Waals surface area (Å²) in [5.74, 6) is 0.821. The van der Waals surface area contributed by atoms with E-state index in [0.29, 0.717) is 24.6 Å². The molecule has 7 nitrogen and oxygen atoms in total. The van der Waals surface area contributed by atoms with E-state index in [1.807, 2.05) is 6.08 Å². The summed E-state index contributed by atoms with van der Waals surface area (Å²) in [7, 11) is 0. The highest BCUT2D eigenvalue weighted by Crippen LogP contribution is 2.50. The molecule has 3 heterocycles. The summed E-state index contributed by atoms with van der Waals surface area (Å²) in [6.07, 6.45) is 19.6. The molecule has 182 valence electrons. The maximum absolute atomic E-state index is 12.6. The first-order chi connectivity index (χ1) is 16.1. The van der Waals surface area contributed by atoms with Gasteiger partial charge in [0.2, 0.25) is 5.89 Å². The second-order valence-corrected chi connectivity index (χ2v) is 9.95. The van der Waals surface area contributed by atoms with Crippen LogP contribution in [0.1, 0.15) is 106 Å². The minimum absolute atomic E-state index is 0.0462. The van der Waals surface area contributed by atoms with Gasteiger partial charge in [0.25, 0.3) is 5.91 Å². The third-order valence-electron chi connectivity index (χ3n) is 7.61. The maximum atomic E-state index is 12.6. The number of nitrogens with one attached hydrogen (secondary N) is 1. The molecule has 3 aliphatic rings. The molecule has 7 heteroatoms. The number of hydrogen-bond acceptors (Lipinski definition) is 5. The Kier molecular flexibility index (Phi) is 8.59. The Morgan fingerprint density at radius 3 is 2.73 bits per heavy atom. The van der Waals surface area contributed by atoms with Gasteiger partial charge in [-0.05, 0) is 38.0 Å². The number of nitrogens with zero attached hydrogens (tertiary/aromatic N) is 1. The fourth-order valence-corrected chi connectivity index (χ4v) is 5.87. The average molecular weight is 459 g/mol. The van der Waals surface area contributed by atoms with Gasteiger partial charge in [0.05, 0.1) is 18.1 Å². The van der Waals surface area contributed by atoms with Crippen molar-refractivity contribution in [3.8, 4) is 0 Å². The van der Waals surface area contributed by atoms with Gasteiger partial charge in [0.1, 0.15) is 6.26 Å². The van der Waals surface area contributed by atoms with Crippen LogP contribution < -0.4 is 5.32 Å². The monoisotopic (exact) mass is 458 g/mol. The fraction of sp³-hybridized carbons (Fsp3) is 0.731. The van der Waals surface area contributed by atoms with Gasteiger partial charge in [-0.1, -0.05) is 57.1 Å². The van der Waals surface area contributed by atoms with Gasteiger partial charge in [-0.15, -0.1) is 0 Å². The molecule has 1 aromatic heterocycles. The zero-order chi connectivity index (χ0) is 23.0. The molecule has 0 radical (unpaired) electrons. The number of carboxylic acids is 1. The molecular formula is C26H38N2O5. The minimum atomic E-state index is -0.782. The second kappa shape index (κ2) is 11.8. The second-order valence-electron chi connectivity index (χ2n) is 9.95. The van der Waals surface area contributed by atoms with Crippen LogP contribution in [0.5, 0.6) is 0 Å². The number of carboxylic acid groups (broad SMARTS) is 1. The Morgan fingerprint density at radius 2 is 1.91 bits per heavy atom. The zero-order valence-corrected chi connectivity index (χ0v) is 19.5. The molecule has 0 spiro atoms. The molecule has 2 N–H and O–H groups in total. The number of allylic oxidation sites excluding steroid dienone is 2. The minimum Gasteiger partial charge on any atom is -0.481 e. The summed E-state index contributed by atoms with van der Waals surface area (Å²) in [5.41, 5.74) is 0.343. The molecule has 4 unspecified atom stereocenters. The number of ether oxygens (including phenoxy) is 1. The van der Waals surface area contributed by atoms with Crippen molar-refractivity contribution in [3.05, 3.63) is 30.0 Å². The summed E-state index contributed by atoms with van der Waals surface area (Å²) >= 11 is 0. The highest BCUT2D eigenvalue weighted by Gasteiger charge is 2.51. The van der Waals surface area contributed by atoms with Crippen molar-refractivity contribution >= 4 is 11.9 Å². The van der Waals surface area contributed by atoms with Crippen LogP contribution in [0, 0.1) is 11.8 Å².